The standard InChI is InChI=1S/C20H20O2/c21-20-16-6-7-17(20)11-18-12-19(9-8-15(18)10-16)22-13-14-4-2-1-3-5-14/h1-5,8-9,12,16-17H,6-7,10-11,13H2/t16-,17+/m0/s1. The van der Waals surface area contributed by atoms with Crippen LogP contribution < -0.4 is 4.74 Å². The van der Waals surface area contributed by atoms with Crippen LogP contribution in [0.2, 0.25) is 0 Å². The molecule has 0 radical (unpaired) electrons. The molecule has 4 rings (SSSR count). The second-order valence-corrected chi connectivity index (χ2v) is 6.49. The smallest absolute Gasteiger partial charge is 0.139 e. The van der Waals surface area contributed by atoms with Gasteiger partial charge in [0.15, 0.2) is 0 Å². The number of fused-ring (bicyclic) bond motifs is 3. The van der Waals surface area contributed by atoms with Crippen molar-refractivity contribution >= 4 is 5.78 Å². The highest BCUT2D eigenvalue weighted by Gasteiger charge is 2.37. The number of hydrogen-bond donors (Lipinski definition) is 0. The fraction of sp³-hybridized carbons (Fsp3) is 0.350. The molecule has 2 aromatic carbocycles. The molecule has 2 aliphatic rings. The first-order chi connectivity index (χ1) is 10.8. The summed E-state index contributed by atoms with van der Waals surface area (Å²) >= 11 is 0. The van der Waals surface area contributed by atoms with Gasteiger partial charge in [-0.05, 0) is 54.5 Å². The van der Waals surface area contributed by atoms with Crippen LogP contribution in [0.5, 0.6) is 5.75 Å². The molecule has 2 nitrogen and oxygen atoms in total. The molecule has 0 aromatic heterocycles. The van der Waals surface area contributed by atoms with Gasteiger partial charge in [0.2, 0.25) is 0 Å². The summed E-state index contributed by atoms with van der Waals surface area (Å²) in [5.41, 5.74) is 3.82. The first-order valence-corrected chi connectivity index (χ1v) is 8.12. The van der Waals surface area contributed by atoms with E-state index in [1.54, 1.807) is 0 Å². The summed E-state index contributed by atoms with van der Waals surface area (Å²) in [5, 5.41) is 0. The molecule has 0 unspecified atom stereocenters. The van der Waals surface area contributed by atoms with E-state index in [4.69, 9.17) is 4.74 Å². The molecule has 0 N–H and O–H groups in total. The monoisotopic (exact) mass is 292 g/mol. The molecule has 0 amide bonds. The van der Waals surface area contributed by atoms with E-state index in [1.165, 1.54) is 16.7 Å². The second-order valence-electron chi connectivity index (χ2n) is 6.49. The van der Waals surface area contributed by atoms with Gasteiger partial charge in [-0.1, -0.05) is 36.4 Å². The molecule has 2 atom stereocenters. The summed E-state index contributed by atoms with van der Waals surface area (Å²) in [5.74, 6) is 1.91. The van der Waals surface area contributed by atoms with Crippen molar-refractivity contribution in [1.82, 2.24) is 0 Å². The SMILES string of the molecule is O=C1[C@@H]2CC[C@H]1Cc1ccc(OCc3ccccc3)cc1C2. The predicted octanol–water partition coefficient (Wildman–Crippen LogP) is 3.96. The van der Waals surface area contributed by atoms with Crippen molar-refractivity contribution in [3.05, 3.63) is 65.2 Å². The zero-order valence-electron chi connectivity index (χ0n) is 12.6. The zero-order chi connectivity index (χ0) is 14.9. The van der Waals surface area contributed by atoms with E-state index < -0.39 is 0 Å². The maximum Gasteiger partial charge on any atom is 0.139 e. The van der Waals surface area contributed by atoms with Gasteiger partial charge >= 0.3 is 0 Å². The molecule has 2 bridgehead atoms. The lowest BCUT2D eigenvalue weighted by atomic mass is 9.93. The quantitative estimate of drug-likeness (QED) is 0.856. The van der Waals surface area contributed by atoms with E-state index in [9.17, 15) is 4.79 Å². The Morgan fingerprint density at radius 2 is 1.64 bits per heavy atom. The number of rotatable bonds is 3. The fourth-order valence-electron chi connectivity index (χ4n) is 3.78. The third-order valence-corrected chi connectivity index (χ3v) is 5.03. The van der Waals surface area contributed by atoms with Gasteiger partial charge in [-0.3, -0.25) is 4.79 Å². The highest BCUT2D eigenvalue weighted by atomic mass is 16.5. The van der Waals surface area contributed by atoms with Crippen molar-refractivity contribution in [2.24, 2.45) is 11.8 Å². The highest BCUT2D eigenvalue weighted by Crippen LogP contribution is 2.38. The Hall–Kier alpha value is -2.09. The van der Waals surface area contributed by atoms with Crippen LogP contribution in [0.1, 0.15) is 29.5 Å². The van der Waals surface area contributed by atoms with Gasteiger partial charge in [-0.15, -0.1) is 0 Å². The van der Waals surface area contributed by atoms with Gasteiger partial charge in [-0.2, -0.15) is 0 Å². The topological polar surface area (TPSA) is 26.3 Å². The van der Waals surface area contributed by atoms with Crippen molar-refractivity contribution in [3.8, 4) is 5.75 Å². The molecule has 0 saturated heterocycles. The third-order valence-electron chi connectivity index (χ3n) is 5.03. The normalized spacial score (nSPS) is 23.0. The van der Waals surface area contributed by atoms with Crippen LogP contribution in [0.25, 0.3) is 0 Å². The van der Waals surface area contributed by atoms with Gasteiger partial charge in [0.1, 0.15) is 18.1 Å². The van der Waals surface area contributed by atoms with E-state index >= 15 is 0 Å². The van der Waals surface area contributed by atoms with Crippen molar-refractivity contribution in [3.63, 3.8) is 0 Å². The molecule has 2 aromatic rings. The largest absolute Gasteiger partial charge is 0.489 e. The summed E-state index contributed by atoms with van der Waals surface area (Å²) in [6.45, 7) is 0.588. The number of ether oxygens (including phenoxy) is 1. The second kappa shape index (κ2) is 5.60. The van der Waals surface area contributed by atoms with Crippen LogP contribution in [-0.2, 0) is 24.2 Å². The first-order valence-electron chi connectivity index (χ1n) is 8.12. The average Bonchev–Trinajstić information content (AvgIpc) is 2.80. The third kappa shape index (κ3) is 2.54. The van der Waals surface area contributed by atoms with E-state index in [1.807, 2.05) is 24.3 Å². The summed E-state index contributed by atoms with van der Waals surface area (Å²) in [4.78, 5) is 12.2. The van der Waals surface area contributed by atoms with E-state index in [-0.39, 0.29) is 11.8 Å². The Balaban J connectivity index is 1.52. The lowest BCUT2D eigenvalue weighted by Crippen LogP contribution is -2.13. The molecule has 0 aliphatic heterocycles. The Kier molecular flexibility index (Phi) is 3.45. The summed E-state index contributed by atoms with van der Waals surface area (Å²) in [6, 6.07) is 16.6. The Morgan fingerprint density at radius 1 is 0.909 bits per heavy atom. The molecule has 112 valence electrons. The van der Waals surface area contributed by atoms with Gasteiger partial charge in [0.05, 0.1) is 0 Å². The van der Waals surface area contributed by atoms with Crippen molar-refractivity contribution < 1.29 is 9.53 Å². The molecular formula is C20H20O2. The van der Waals surface area contributed by atoms with Crippen LogP contribution in [-0.4, -0.2) is 5.78 Å². The number of Topliss-reactive ketones (excluding diaryl/α,β-unsaturated/α-hetero) is 1. The highest BCUT2D eigenvalue weighted by molar-refractivity contribution is 5.86. The van der Waals surface area contributed by atoms with Gasteiger partial charge < -0.3 is 4.74 Å². The van der Waals surface area contributed by atoms with E-state index in [2.05, 4.69) is 24.3 Å². The Bertz CT molecular complexity index is 690. The predicted molar refractivity (Wildman–Crippen MR) is 85.8 cm³/mol. The number of benzene rings is 2. The Labute approximate surface area is 131 Å². The lowest BCUT2D eigenvalue weighted by Gasteiger charge is -2.14. The zero-order valence-corrected chi connectivity index (χ0v) is 12.6. The molecule has 0 heterocycles. The minimum absolute atomic E-state index is 0.246. The molecule has 2 aliphatic carbocycles. The van der Waals surface area contributed by atoms with Gasteiger partial charge in [0, 0.05) is 11.8 Å². The molecule has 0 spiro atoms. The minimum Gasteiger partial charge on any atom is -0.489 e. The molecule has 1 saturated carbocycles. The van der Waals surface area contributed by atoms with Crippen molar-refractivity contribution in [2.45, 2.75) is 32.3 Å². The van der Waals surface area contributed by atoms with Crippen LogP contribution in [0.15, 0.2) is 48.5 Å². The number of ketones is 1. The van der Waals surface area contributed by atoms with Crippen molar-refractivity contribution in [2.75, 3.05) is 0 Å². The van der Waals surface area contributed by atoms with Crippen LogP contribution >= 0.6 is 0 Å². The maximum atomic E-state index is 12.2. The Morgan fingerprint density at radius 3 is 2.41 bits per heavy atom. The molecule has 22 heavy (non-hydrogen) atoms. The molecule has 1 fully saturated rings. The van der Waals surface area contributed by atoms with Gasteiger partial charge in [0.25, 0.3) is 0 Å². The summed E-state index contributed by atoms with van der Waals surface area (Å²) < 4.78 is 5.92. The van der Waals surface area contributed by atoms with Crippen LogP contribution in [0.4, 0.5) is 0 Å². The minimum atomic E-state index is 0.246. The van der Waals surface area contributed by atoms with Crippen molar-refractivity contribution in [1.29, 1.82) is 0 Å². The van der Waals surface area contributed by atoms with Gasteiger partial charge in [-0.25, -0.2) is 0 Å². The number of hydrogen-bond acceptors (Lipinski definition) is 2. The number of carbonyl (C=O) groups is 1. The van der Waals surface area contributed by atoms with E-state index in [0.29, 0.717) is 12.4 Å². The van der Waals surface area contributed by atoms with E-state index in [0.717, 1.165) is 31.4 Å². The summed E-state index contributed by atoms with van der Waals surface area (Å²) in [7, 11) is 0. The number of carbonyl (C=O) groups excluding carboxylic acids is 1. The van der Waals surface area contributed by atoms with Crippen LogP contribution in [0, 0.1) is 11.8 Å². The maximum absolute atomic E-state index is 12.2. The summed E-state index contributed by atoms with van der Waals surface area (Å²) in [6.07, 6.45) is 3.96. The molecule has 2 heteroatoms. The average molecular weight is 292 g/mol. The van der Waals surface area contributed by atoms with Crippen LogP contribution in [0.3, 0.4) is 0 Å². The first kappa shape index (κ1) is 13.6. The molecular weight excluding hydrogens is 272 g/mol. The lowest BCUT2D eigenvalue weighted by molar-refractivity contribution is -0.123. The fourth-order valence-corrected chi connectivity index (χ4v) is 3.78.